The molecule has 0 saturated carbocycles. The predicted molar refractivity (Wildman–Crippen MR) is 62.0 cm³/mol. The predicted octanol–water partition coefficient (Wildman–Crippen LogP) is 0.220. The number of aromatic nitrogens is 4. The number of aromatic amines is 2. The van der Waals surface area contributed by atoms with E-state index in [1.165, 1.54) is 7.11 Å². The first kappa shape index (κ1) is 11.6. The van der Waals surface area contributed by atoms with Crippen molar-refractivity contribution in [3.63, 3.8) is 0 Å². The fourth-order valence-electron chi connectivity index (χ4n) is 1.25. The number of carbonyl (C=O) groups excluding carboxylic acids is 1. The number of ether oxygens (including phenoxy) is 1. The molecule has 0 aromatic carbocycles. The fraction of sp³-hybridized carbons (Fsp3) is 0.333. The van der Waals surface area contributed by atoms with Gasteiger partial charge in [0.2, 0.25) is 0 Å². The van der Waals surface area contributed by atoms with Gasteiger partial charge in [-0.3, -0.25) is 9.59 Å². The third kappa shape index (κ3) is 2.47. The molecule has 2 N–H and O–H groups in total. The van der Waals surface area contributed by atoms with Crippen LogP contribution in [0.25, 0.3) is 11.2 Å². The normalized spacial score (nSPS) is 10.7. The van der Waals surface area contributed by atoms with Crippen molar-refractivity contribution in [1.82, 2.24) is 19.9 Å². The highest BCUT2D eigenvalue weighted by Crippen LogP contribution is 2.16. The standard InChI is InChI=1S/C9H10N4O3S/c1-4-10-7-6(8(15)11-4)12-9(13-7)17-3-5(14)16-2/h3H2,1-2H3,(H2,10,11,12,13,15). The summed E-state index contributed by atoms with van der Waals surface area (Å²) in [7, 11) is 1.32. The van der Waals surface area contributed by atoms with E-state index in [4.69, 9.17) is 0 Å². The van der Waals surface area contributed by atoms with Crippen molar-refractivity contribution in [1.29, 1.82) is 0 Å². The summed E-state index contributed by atoms with van der Waals surface area (Å²) in [6.07, 6.45) is 0. The number of carbonyl (C=O) groups is 1. The molecule has 17 heavy (non-hydrogen) atoms. The van der Waals surface area contributed by atoms with Crippen LogP contribution < -0.4 is 5.56 Å². The molecular formula is C9H10N4O3S. The average molecular weight is 254 g/mol. The number of methoxy groups -OCH3 is 1. The van der Waals surface area contributed by atoms with E-state index in [1.54, 1.807) is 6.92 Å². The number of hydrogen-bond donors (Lipinski definition) is 2. The van der Waals surface area contributed by atoms with E-state index in [1.807, 2.05) is 0 Å². The van der Waals surface area contributed by atoms with Crippen LogP contribution in [-0.4, -0.2) is 38.8 Å². The number of thioether (sulfide) groups is 1. The summed E-state index contributed by atoms with van der Waals surface area (Å²) < 4.78 is 4.50. The molecule has 0 aliphatic heterocycles. The van der Waals surface area contributed by atoms with E-state index in [9.17, 15) is 9.59 Å². The topological polar surface area (TPSA) is 101 Å². The Kier molecular flexibility index (Phi) is 3.14. The number of H-pyrrole nitrogens is 2. The minimum Gasteiger partial charge on any atom is -0.468 e. The summed E-state index contributed by atoms with van der Waals surface area (Å²) in [5.74, 6) is 0.278. The van der Waals surface area contributed by atoms with Crippen LogP contribution in [0.1, 0.15) is 5.82 Å². The van der Waals surface area contributed by atoms with Crippen LogP contribution in [0.2, 0.25) is 0 Å². The molecule has 0 saturated heterocycles. The first-order valence-corrected chi connectivity index (χ1v) is 5.75. The molecule has 0 fully saturated rings. The zero-order chi connectivity index (χ0) is 12.4. The second-order valence-corrected chi connectivity index (χ2v) is 4.22. The molecule has 0 bridgehead atoms. The quantitative estimate of drug-likeness (QED) is 0.600. The van der Waals surface area contributed by atoms with Gasteiger partial charge in [0.1, 0.15) is 5.82 Å². The van der Waals surface area contributed by atoms with E-state index < -0.39 is 0 Å². The van der Waals surface area contributed by atoms with Gasteiger partial charge in [0.05, 0.1) is 12.9 Å². The Morgan fingerprint density at radius 1 is 1.41 bits per heavy atom. The number of nitrogens with zero attached hydrogens (tertiary/aromatic N) is 2. The molecule has 7 nitrogen and oxygen atoms in total. The smallest absolute Gasteiger partial charge is 0.316 e. The van der Waals surface area contributed by atoms with Crippen LogP contribution in [0.3, 0.4) is 0 Å². The van der Waals surface area contributed by atoms with Gasteiger partial charge in [-0.05, 0) is 6.92 Å². The van der Waals surface area contributed by atoms with Crippen LogP contribution in [0, 0.1) is 6.92 Å². The van der Waals surface area contributed by atoms with Crippen molar-refractivity contribution in [2.75, 3.05) is 12.9 Å². The fourth-order valence-corrected chi connectivity index (χ4v) is 1.95. The van der Waals surface area contributed by atoms with Crippen LogP contribution >= 0.6 is 11.8 Å². The van der Waals surface area contributed by atoms with Gasteiger partial charge < -0.3 is 14.7 Å². The summed E-state index contributed by atoms with van der Waals surface area (Å²) in [4.78, 5) is 36.1. The molecular weight excluding hydrogens is 244 g/mol. The molecule has 2 rings (SSSR count). The number of aryl methyl sites for hydroxylation is 1. The largest absolute Gasteiger partial charge is 0.468 e. The van der Waals surface area contributed by atoms with Gasteiger partial charge in [0, 0.05) is 0 Å². The van der Waals surface area contributed by atoms with Crippen LogP contribution in [0.5, 0.6) is 0 Å². The third-order valence-corrected chi connectivity index (χ3v) is 2.86. The van der Waals surface area contributed by atoms with E-state index in [0.717, 1.165) is 11.8 Å². The molecule has 0 aliphatic carbocycles. The highest BCUT2D eigenvalue weighted by Gasteiger charge is 2.10. The maximum atomic E-state index is 11.5. The number of nitrogens with one attached hydrogen (secondary N) is 2. The Bertz CT molecular complexity index is 618. The van der Waals surface area contributed by atoms with Crippen molar-refractivity contribution in [2.24, 2.45) is 0 Å². The van der Waals surface area contributed by atoms with Gasteiger partial charge in [-0.1, -0.05) is 11.8 Å². The Labute approximate surface area is 100 Å². The third-order valence-electron chi connectivity index (χ3n) is 2.01. The van der Waals surface area contributed by atoms with E-state index in [0.29, 0.717) is 22.1 Å². The summed E-state index contributed by atoms with van der Waals surface area (Å²) in [5.41, 5.74) is 0.381. The molecule has 0 spiro atoms. The minimum atomic E-state index is -0.353. The lowest BCUT2D eigenvalue weighted by molar-refractivity contribution is -0.137. The summed E-state index contributed by atoms with van der Waals surface area (Å²) in [6, 6.07) is 0. The highest BCUT2D eigenvalue weighted by molar-refractivity contribution is 7.99. The molecule has 90 valence electrons. The lowest BCUT2D eigenvalue weighted by Crippen LogP contribution is -2.09. The maximum absolute atomic E-state index is 11.5. The first-order valence-electron chi connectivity index (χ1n) is 4.76. The molecule has 2 aromatic heterocycles. The van der Waals surface area contributed by atoms with E-state index >= 15 is 0 Å². The lowest BCUT2D eigenvalue weighted by atomic mass is 10.5. The molecule has 2 aromatic rings. The van der Waals surface area contributed by atoms with Crippen LogP contribution in [0.4, 0.5) is 0 Å². The van der Waals surface area contributed by atoms with Gasteiger partial charge in [-0.15, -0.1) is 0 Å². The SMILES string of the molecule is COC(=O)CSc1nc2nc(C)[nH]c(=O)c2[nH]1. The van der Waals surface area contributed by atoms with Gasteiger partial charge in [0.25, 0.3) is 5.56 Å². The Morgan fingerprint density at radius 3 is 2.88 bits per heavy atom. The maximum Gasteiger partial charge on any atom is 0.316 e. The van der Waals surface area contributed by atoms with Gasteiger partial charge in [-0.2, -0.15) is 0 Å². The zero-order valence-corrected chi connectivity index (χ0v) is 10.1. The van der Waals surface area contributed by atoms with Crippen molar-refractivity contribution >= 4 is 28.9 Å². The second-order valence-electron chi connectivity index (χ2n) is 3.26. The summed E-state index contributed by atoms with van der Waals surface area (Å²) in [5, 5.41) is 0.467. The van der Waals surface area contributed by atoms with Gasteiger partial charge in [0.15, 0.2) is 16.3 Å². The summed E-state index contributed by atoms with van der Waals surface area (Å²) in [6.45, 7) is 1.68. The number of esters is 1. The minimum absolute atomic E-state index is 0.132. The molecule has 0 atom stereocenters. The molecule has 0 radical (unpaired) electrons. The van der Waals surface area contributed by atoms with Crippen molar-refractivity contribution in [3.8, 4) is 0 Å². The molecule has 0 aliphatic rings. The van der Waals surface area contributed by atoms with Crippen LogP contribution in [-0.2, 0) is 9.53 Å². The number of fused-ring (bicyclic) bond motifs is 1. The Morgan fingerprint density at radius 2 is 2.18 bits per heavy atom. The average Bonchev–Trinajstić information content (AvgIpc) is 2.69. The molecule has 0 unspecified atom stereocenters. The van der Waals surface area contributed by atoms with Gasteiger partial charge >= 0.3 is 5.97 Å². The van der Waals surface area contributed by atoms with E-state index in [2.05, 4.69) is 24.7 Å². The van der Waals surface area contributed by atoms with E-state index in [-0.39, 0.29) is 17.3 Å². The molecule has 0 amide bonds. The Balaban J connectivity index is 2.29. The molecule has 8 heteroatoms. The first-order chi connectivity index (χ1) is 8.10. The van der Waals surface area contributed by atoms with Crippen molar-refractivity contribution < 1.29 is 9.53 Å². The Hall–Kier alpha value is -1.83. The van der Waals surface area contributed by atoms with Crippen molar-refractivity contribution in [3.05, 3.63) is 16.2 Å². The van der Waals surface area contributed by atoms with Gasteiger partial charge in [-0.25, -0.2) is 9.97 Å². The number of imidazole rings is 1. The summed E-state index contributed by atoms with van der Waals surface area (Å²) >= 11 is 1.16. The number of hydrogen-bond acceptors (Lipinski definition) is 6. The monoisotopic (exact) mass is 254 g/mol. The second kappa shape index (κ2) is 4.58. The molecule has 2 heterocycles. The van der Waals surface area contributed by atoms with Crippen LogP contribution in [0.15, 0.2) is 9.95 Å². The highest BCUT2D eigenvalue weighted by atomic mass is 32.2. The van der Waals surface area contributed by atoms with Crippen molar-refractivity contribution in [2.45, 2.75) is 12.1 Å². The zero-order valence-electron chi connectivity index (χ0n) is 9.23. The number of rotatable bonds is 3. The lowest BCUT2D eigenvalue weighted by Gasteiger charge is -1.94.